The lowest BCUT2D eigenvalue weighted by molar-refractivity contribution is 0.414. The lowest BCUT2D eigenvalue weighted by Crippen LogP contribution is -1.98. The molecule has 0 saturated carbocycles. The number of aryl methyl sites for hydroxylation is 1. The van der Waals surface area contributed by atoms with Crippen molar-refractivity contribution in [2.24, 2.45) is 5.10 Å². The van der Waals surface area contributed by atoms with E-state index in [-0.39, 0.29) is 0 Å². The van der Waals surface area contributed by atoms with Gasteiger partial charge in [0.2, 0.25) is 5.16 Å². The van der Waals surface area contributed by atoms with Crippen molar-refractivity contribution in [3.8, 4) is 5.75 Å². The van der Waals surface area contributed by atoms with Gasteiger partial charge in [-0.3, -0.25) is 0 Å². The molecule has 0 radical (unpaired) electrons. The van der Waals surface area contributed by atoms with Crippen molar-refractivity contribution in [1.29, 1.82) is 0 Å². The molecule has 0 aliphatic heterocycles. The van der Waals surface area contributed by atoms with Crippen molar-refractivity contribution in [3.05, 3.63) is 70.0 Å². The van der Waals surface area contributed by atoms with E-state index in [0.29, 0.717) is 0 Å². The summed E-state index contributed by atoms with van der Waals surface area (Å²) in [4.78, 5) is 0. The molecule has 0 spiro atoms. The smallest absolute Gasteiger partial charge is 0.212 e. The molecular weight excluding hydrogens is 400 g/mol. The molecule has 0 amide bonds. The average Bonchev–Trinajstić information content (AvgIpc) is 2.99. The summed E-state index contributed by atoms with van der Waals surface area (Å²) in [7, 11) is 1.64. The quantitative estimate of drug-likeness (QED) is 0.437. The largest absolute Gasteiger partial charge is 0.496 e. The Hall–Kier alpha value is -2.12. The van der Waals surface area contributed by atoms with E-state index in [9.17, 15) is 0 Å². The lowest BCUT2D eigenvalue weighted by atomic mass is 10.2. The summed E-state index contributed by atoms with van der Waals surface area (Å²) in [5, 5.41) is 13.7. The van der Waals surface area contributed by atoms with Crippen LogP contribution in [-0.2, 0) is 5.75 Å². The van der Waals surface area contributed by atoms with Crippen molar-refractivity contribution in [1.82, 2.24) is 14.9 Å². The molecular formula is C18H17BrN4OS. The lowest BCUT2D eigenvalue weighted by Gasteiger charge is -2.06. The van der Waals surface area contributed by atoms with Crippen LogP contribution in [0.15, 0.2) is 63.3 Å². The molecule has 0 saturated heterocycles. The highest BCUT2D eigenvalue weighted by Crippen LogP contribution is 2.23. The minimum Gasteiger partial charge on any atom is -0.496 e. The van der Waals surface area contributed by atoms with Gasteiger partial charge in [0, 0.05) is 15.8 Å². The highest BCUT2D eigenvalue weighted by atomic mass is 79.9. The van der Waals surface area contributed by atoms with Gasteiger partial charge in [0.05, 0.1) is 13.3 Å². The summed E-state index contributed by atoms with van der Waals surface area (Å²) in [6.07, 6.45) is 1.76. The second kappa shape index (κ2) is 8.31. The van der Waals surface area contributed by atoms with Crippen LogP contribution in [0.2, 0.25) is 0 Å². The molecule has 3 aromatic rings. The number of rotatable bonds is 6. The molecule has 0 unspecified atom stereocenters. The minimum atomic E-state index is 0.737. The Bertz CT molecular complexity index is 880. The van der Waals surface area contributed by atoms with Crippen molar-refractivity contribution in [2.45, 2.75) is 17.8 Å². The first kappa shape index (κ1) is 17.7. The molecule has 1 heterocycles. The van der Waals surface area contributed by atoms with Crippen LogP contribution in [0.4, 0.5) is 0 Å². The zero-order valence-corrected chi connectivity index (χ0v) is 16.3. The van der Waals surface area contributed by atoms with Gasteiger partial charge >= 0.3 is 0 Å². The Morgan fingerprint density at radius 1 is 1.20 bits per heavy atom. The number of hydrogen-bond acceptors (Lipinski definition) is 5. The Morgan fingerprint density at radius 2 is 2.00 bits per heavy atom. The van der Waals surface area contributed by atoms with Gasteiger partial charge in [0.1, 0.15) is 5.75 Å². The van der Waals surface area contributed by atoms with Crippen LogP contribution in [-0.4, -0.2) is 28.2 Å². The molecule has 0 N–H and O–H groups in total. The molecule has 5 nitrogen and oxygen atoms in total. The van der Waals surface area contributed by atoms with E-state index in [1.807, 2.05) is 43.3 Å². The van der Waals surface area contributed by atoms with Crippen LogP contribution < -0.4 is 4.74 Å². The third kappa shape index (κ3) is 4.49. The van der Waals surface area contributed by atoms with E-state index in [4.69, 9.17) is 4.74 Å². The molecule has 128 valence electrons. The van der Waals surface area contributed by atoms with Gasteiger partial charge in [-0.15, -0.1) is 10.2 Å². The predicted octanol–water partition coefficient (Wildman–Crippen LogP) is 4.53. The zero-order valence-electron chi connectivity index (χ0n) is 13.9. The molecule has 0 atom stereocenters. The first-order chi connectivity index (χ1) is 12.2. The van der Waals surface area contributed by atoms with Gasteiger partial charge < -0.3 is 4.74 Å². The van der Waals surface area contributed by atoms with E-state index >= 15 is 0 Å². The number of ether oxygens (including phenoxy) is 1. The third-order valence-electron chi connectivity index (χ3n) is 3.48. The summed E-state index contributed by atoms with van der Waals surface area (Å²) in [5.74, 6) is 2.31. The van der Waals surface area contributed by atoms with Crippen molar-refractivity contribution in [3.63, 3.8) is 0 Å². The Morgan fingerprint density at radius 3 is 2.76 bits per heavy atom. The van der Waals surface area contributed by atoms with Crippen LogP contribution in [0.1, 0.15) is 17.0 Å². The molecule has 2 aromatic carbocycles. The summed E-state index contributed by atoms with van der Waals surface area (Å²) < 4.78 is 8.09. The molecule has 0 bridgehead atoms. The van der Waals surface area contributed by atoms with Gasteiger partial charge in [0.25, 0.3) is 0 Å². The fraction of sp³-hybridized carbons (Fsp3) is 0.167. The van der Waals surface area contributed by atoms with E-state index in [1.54, 1.807) is 29.8 Å². The van der Waals surface area contributed by atoms with Crippen LogP contribution in [0.3, 0.4) is 0 Å². The maximum absolute atomic E-state index is 5.38. The van der Waals surface area contributed by atoms with Gasteiger partial charge in [-0.25, -0.2) is 0 Å². The van der Waals surface area contributed by atoms with Gasteiger partial charge in [0.15, 0.2) is 5.82 Å². The highest BCUT2D eigenvalue weighted by molar-refractivity contribution is 9.10. The summed E-state index contributed by atoms with van der Waals surface area (Å²) >= 11 is 5.08. The van der Waals surface area contributed by atoms with Crippen LogP contribution in [0.25, 0.3) is 0 Å². The number of benzene rings is 2. The highest BCUT2D eigenvalue weighted by Gasteiger charge is 2.09. The molecule has 0 fully saturated rings. The second-order valence-electron chi connectivity index (χ2n) is 5.25. The number of nitrogens with zero attached hydrogens (tertiary/aromatic N) is 4. The maximum Gasteiger partial charge on any atom is 0.212 e. The molecule has 7 heteroatoms. The van der Waals surface area contributed by atoms with Gasteiger partial charge in [-0.05, 0) is 30.7 Å². The Labute approximate surface area is 159 Å². The predicted molar refractivity (Wildman–Crippen MR) is 104 cm³/mol. The van der Waals surface area contributed by atoms with Gasteiger partial charge in [-0.1, -0.05) is 58.0 Å². The number of halogens is 1. The zero-order chi connectivity index (χ0) is 17.6. The SMILES string of the molecule is COc1ccc(Br)cc1/C=N/n1c(C)nnc1SCc1ccccc1. The summed E-state index contributed by atoms with van der Waals surface area (Å²) in [5.41, 5.74) is 2.11. The number of methoxy groups -OCH3 is 1. The number of thioether (sulfide) groups is 1. The molecule has 0 aliphatic rings. The fourth-order valence-corrected chi connectivity index (χ4v) is 3.48. The molecule has 0 aliphatic carbocycles. The van der Waals surface area contributed by atoms with E-state index in [2.05, 4.69) is 43.4 Å². The maximum atomic E-state index is 5.38. The van der Waals surface area contributed by atoms with Crippen molar-refractivity contribution in [2.75, 3.05) is 7.11 Å². The number of aromatic nitrogens is 3. The van der Waals surface area contributed by atoms with Crippen LogP contribution in [0.5, 0.6) is 5.75 Å². The first-order valence-electron chi connectivity index (χ1n) is 7.64. The van der Waals surface area contributed by atoms with Gasteiger partial charge in [-0.2, -0.15) is 9.78 Å². The Balaban J connectivity index is 1.81. The topological polar surface area (TPSA) is 52.3 Å². The monoisotopic (exact) mass is 416 g/mol. The standard InChI is InChI=1S/C18H17BrN4OS/c1-13-21-22-18(25-12-14-6-4-3-5-7-14)23(13)20-11-15-10-16(19)8-9-17(15)24-2/h3-11H,12H2,1-2H3/b20-11+. The summed E-state index contributed by atoms with van der Waals surface area (Å²) in [6.45, 7) is 1.88. The molecule has 3 rings (SSSR count). The van der Waals surface area contributed by atoms with E-state index in [0.717, 1.165) is 32.5 Å². The summed E-state index contributed by atoms with van der Waals surface area (Å²) in [6, 6.07) is 16.0. The van der Waals surface area contributed by atoms with Crippen LogP contribution in [0, 0.1) is 6.92 Å². The van der Waals surface area contributed by atoms with Crippen LogP contribution >= 0.6 is 27.7 Å². The normalized spacial score (nSPS) is 11.2. The third-order valence-corrected chi connectivity index (χ3v) is 4.97. The molecule has 25 heavy (non-hydrogen) atoms. The second-order valence-corrected chi connectivity index (χ2v) is 7.10. The van der Waals surface area contributed by atoms with E-state index in [1.165, 1.54) is 5.56 Å². The fourth-order valence-electron chi connectivity index (χ4n) is 2.21. The number of hydrogen-bond donors (Lipinski definition) is 0. The minimum absolute atomic E-state index is 0.737. The first-order valence-corrected chi connectivity index (χ1v) is 9.42. The Kier molecular flexibility index (Phi) is 5.88. The van der Waals surface area contributed by atoms with Crippen molar-refractivity contribution >= 4 is 33.9 Å². The average molecular weight is 417 g/mol. The molecule has 1 aromatic heterocycles. The van der Waals surface area contributed by atoms with E-state index < -0.39 is 0 Å². The van der Waals surface area contributed by atoms with Crippen molar-refractivity contribution < 1.29 is 4.74 Å².